The number of aryl methyl sites for hydroxylation is 1. The molecule has 1 aromatic carbocycles. The smallest absolute Gasteiger partial charge is 0.0841 e. The van der Waals surface area contributed by atoms with Gasteiger partial charge in [0.15, 0.2) is 0 Å². The molecule has 3 nitrogen and oxygen atoms in total. The Morgan fingerprint density at radius 2 is 2.17 bits per heavy atom. The van der Waals surface area contributed by atoms with Crippen LogP contribution < -0.4 is 5.32 Å². The van der Waals surface area contributed by atoms with E-state index in [1.165, 1.54) is 35.9 Å². The summed E-state index contributed by atoms with van der Waals surface area (Å²) in [6, 6.07) is 8.50. The van der Waals surface area contributed by atoms with Crippen LogP contribution in [0.4, 0.5) is 0 Å². The van der Waals surface area contributed by atoms with Crippen molar-refractivity contribution in [1.29, 1.82) is 0 Å². The third-order valence-electron chi connectivity index (χ3n) is 3.75. The second kappa shape index (κ2) is 5.11. The number of fused-ring (bicyclic) bond motifs is 1. The SMILES string of the molecule is CCn1nc(CNCCC2CC2)c2ccccc21. The fourth-order valence-electron chi connectivity index (χ4n) is 2.49. The molecule has 0 bridgehead atoms. The summed E-state index contributed by atoms with van der Waals surface area (Å²) in [4.78, 5) is 0. The molecule has 0 spiro atoms. The maximum absolute atomic E-state index is 4.69. The van der Waals surface area contributed by atoms with Gasteiger partial charge in [-0.3, -0.25) is 4.68 Å². The molecule has 1 saturated carbocycles. The van der Waals surface area contributed by atoms with Crippen LogP contribution in [0.15, 0.2) is 24.3 Å². The number of hydrogen-bond acceptors (Lipinski definition) is 2. The third-order valence-corrected chi connectivity index (χ3v) is 3.75. The van der Waals surface area contributed by atoms with E-state index in [1.807, 2.05) is 0 Å². The van der Waals surface area contributed by atoms with Crippen molar-refractivity contribution in [2.45, 2.75) is 39.3 Å². The van der Waals surface area contributed by atoms with E-state index >= 15 is 0 Å². The lowest BCUT2D eigenvalue weighted by atomic mass is 10.2. The molecule has 0 radical (unpaired) electrons. The summed E-state index contributed by atoms with van der Waals surface area (Å²) in [5, 5.41) is 9.51. The Morgan fingerprint density at radius 3 is 2.94 bits per heavy atom. The van der Waals surface area contributed by atoms with E-state index in [-0.39, 0.29) is 0 Å². The molecular formula is C15H21N3. The first-order chi connectivity index (χ1) is 8.88. The van der Waals surface area contributed by atoms with Gasteiger partial charge >= 0.3 is 0 Å². The number of nitrogens with one attached hydrogen (secondary N) is 1. The number of hydrogen-bond donors (Lipinski definition) is 1. The van der Waals surface area contributed by atoms with Crippen molar-refractivity contribution in [1.82, 2.24) is 15.1 Å². The van der Waals surface area contributed by atoms with Gasteiger partial charge in [-0.05, 0) is 31.9 Å². The minimum absolute atomic E-state index is 0.889. The molecule has 0 unspecified atom stereocenters. The first kappa shape index (κ1) is 11.7. The number of benzene rings is 1. The molecule has 0 atom stereocenters. The standard InChI is InChI=1S/C15H21N3/c1-2-18-15-6-4-3-5-13(15)14(17-18)11-16-10-9-12-7-8-12/h3-6,12,16H,2,7-11H2,1H3. The number of nitrogens with zero attached hydrogens (tertiary/aromatic N) is 2. The summed E-state index contributed by atoms with van der Waals surface area (Å²) in [6.45, 7) is 5.09. The van der Waals surface area contributed by atoms with Crippen LogP contribution in [0.1, 0.15) is 31.9 Å². The molecule has 0 aliphatic heterocycles. The predicted octanol–water partition coefficient (Wildman–Crippen LogP) is 2.95. The van der Waals surface area contributed by atoms with Crippen LogP contribution in [0.2, 0.25) is 0 Å². The van der Waals surface area contributed by atoms with E-state index in [1.54, 1.807) is 0 Å². The fraction of sp³-hybridized carbons (Fsp3) is 0.533. The summed E-state index contributed by atoms with van der Waals surface area (Å²) in [6.07, 6.45) is 4.20. The zero-order valence-electron chi connectivity index (χ0n) is 11.0. The van der Waals surface area contributed by atoms with E-state index in [2.05, 4.69) is 41.2 Å². The molecule has 1 aromatic heterocycles. The zero-order chi connectivity index (χ0) is 12.4. The van der Waals surface area contributed by atoms with Gasteiger partial charge in [-0.25, -0.2) is 0 Å². The van der Waals surface area contributed by atoms with Crippen LogP contribution in [-0.4, -0.2) is 16.3 Å². The van der Waals surface area contributed by atoms with E-state index in [0.29, 0.717) is 0 Å². The molecule has 3 heteroatoms. The van der Waals surface area contributed by atoms with Crippen molar-refractivity contribution in [2.75, 3.05) is 6.54 Å². The minimum atomic E-state index is 0.889. The zero-order valence-corrected chi connectivity index (χ0v) is 11.0. The number of rotatable bonds is 6. The molecule has 1 aliphatic rings. The van der Waals surface area contributed by atoms with Gasteiger partial charge in [-0.1, -0.05) is 31.0 Å². The van der Waals surface area contributed by atoms with E-state index < -0.39 is 0 Å². The van der Waals surface area contributed by atoms with Gasteiger partial charge in [0.1, 0.15) is 0 Å². The Bertz CT molecular complexity index is 526. The molecule has 1 heterocycles. The lowest BCUT2D eigenvalue weighted by Gasteiger charge is -2.01. The first-order valence-electron chi connectivity index (χ1n) is 7.03. The molecule has 1 N–H and O–H groups in total. The van der Waals surface area contributed by atoms with Gasteiger partial charge in [-0.15, -0.1) is 0 Å². The van der Waals surface area contributed by atoms with Crippen molar-refractivity contribution in [3.05, 3.63) is 30.0 Å². The van der Waals surface area contributed by atoms with Crippen LogP contribution >= 0.6 is 0 Å². The van der Waals surface area contributed by atoms with Crippen molar-refractivity contribution < 1.29 is 0 Å². The number of aromatic nitrogens is 2. The molecule has 0 amide bonds. The molecule has 1 fully saturated rings. The quantitative estimate of drug-likeness (QED) is 0.791. The van der Waals surface area contributed by atoms with Gasteiger partial charge in [-0.2, -0.15) is 5.10 Å². The van der Waals surface area contributed by atoms with Crippen molar-refractivity contribution >= 4 is 10.9 Å². The highest BCUT2D eigenvalue weighted by Crippen LogP contribution is 2.31. The lowest BCUT2D eigenvalue weighted by Crippen LogP contribution is -2.16. The summed E-state index contributed by atoms with van der Waals surface area (Å²) < 4.78 is 2.09. The average Bonchev–Trinajstić information content (AvgIpc) is 3.16. The van der Waals surface area contributed by atoms with Crippen molar-refractivity contribution in [3.8, 4) is 0 Å². The molecule has 96 valence electrons. The maximum atomic E-state index is 4.69. The van der Waals surface area contributed by atoms with Crippen molar-refractivity contribution in [3.63, 3.8) is 0 Å². The maximum Gasteiger partial charge on any atom is 0.0841 e. The second-order valence-electron chi connectivity index (χ2n) is 5.19. The summed E-state index contributed by atoms with van der Waals surface area (Å²) in [5.74, 6) is 1.00. The molecular weight excluding hydrogens is 222 g/mol. The monoisotopic (exact) mass is 243 g/mol. The Kier molecular flexibility index (Phi) is 3.33. The van der Waals surface area contributed by atoms with Gasteiger partial charge in [0.05, 0.1) is 11.2 Å². The van der Waals surface area contributed by atoms with Gasteiger partial charge in [0.25, 0.3) is 0 Å². The molecule has 18 heavy (non-hydrogen) atoms. The first-order valence-corrected chi connectivity index (χ1v) is 7.03. The fourth-order valence-corrected chi connectivity index (χ4v) is 2.49. The van der Waals surface area contributed by atoms with Crippen LogP contribution in [0.3, 0.4) is 0 Å². The number of para-hydroxylation sites is 1. The van der Waals surface area contributed by atoms with Crippen LogP contribution in [0, 0.1) is 5.92 Å². The molecule has 1 aliphatic carbocycles. The van der Waals surface area contributed by atoms with Gasteiger partial charge < -0.3 is 5.32 Å². The van der Waals surface area contributed by atoms with E-state index in [0.717, 1.165) is 25.6 Å². The van der Waals surface area contributed by atoms with Crippen LogP contribution in [0.5, 0.6) is 0 Å². The largest absolute Gasteiger partial charge is 0.311 e. The minimum Gasteiger partial charge on any atom is -0.311 e. The highest BCUT2D eigenvalue weighted by molar-refractivity contribution is 5.81. The van der Waals surface area contributed by atoms with Crippen LogP contribution in [-0.2, 0) is 13.1 Å². The second-order valence-corrected chi connectivity index (χ2v) is 5.19. The Labute approximate surface area is 108 Å². The third kappa shape index (κ3) is 2.41. The summed E-state index contributed by atoms with van der Waals surface area (Å²) >= 11 is 0. The highest BCUT2D eigenvalue weighted by atomic mass is 15.3. The Balaban J connectivity index is 1.69. The molecule has 0 saturated heterocycles. The van der Waals surface area contributed by atoms with Gasteiger partial charge in [0.2, 0.25) is 0 Å². The Hall–Kier alpha value is -1.35. The van der Waals surface area contributed by atoms with Crippen LogP contribution in [0.25, 0.3) is 10.9 Å². The topological polar surface area (TPSA) is 29.9 Å². The summed E-state index contributed by atoms with van der Waals surface area (Å²) in [5.41, 5.74) is 2.43. The summed E-state index contributed by atoms with van der Waals surface area (Å²) in [7, 11) is 0. The lowest BCUT2D eigenvalue weighted by molar-refractivity contribution is 0.594. The van der Waals surface area contributed by atoms with E-state index in [9.17, 15) is 0 Å². The highest BCUT2D eigenvalue weighted by Gasteiger charge is 2.20. The normalized spacial score (nSPS) is 15.4. The predicted molar refractivity (Wildman–Crippen MR) is 74.5 cm³/mol. The molecule has 3 rings (SSSR count). The average molecular weight is 243 g/mol. The van der Waals surface area contributed by atoms with Crippen molar-refractivity contribution in [2.24, 2.45) is 5.92 Å². The molecule has 2 aromatic rings. The van der Waals surface area contributed by atoms with Gasteiger partial charge in [0, 0.05) is 18.5 Å². The Morgan fingerprint density at radius 1 is 1.33 bits per heavy atom. The van der Waals surface area contributed by atoms with E-state index in [4.69, 9.17) is 5.10 Å².